The molecule has 0 saturated heterocycles. The molecule has 0 aliphatic heterocycles. The van der Waals surface area contributed by atoms with E-state index in [4.69, 9.17) is 9.97 Å². The summed E-state index contributed by atoms with van der Waals surface area (Å²) in [6.45, 7) is 6.47. The zero-order valence-corrected chi connectivity index (χ0v) is 14.0. The number of hydrogen-bond acceptors (Lipinski definition) is 2. The van der Waals surface area contributed by atoms with E-state index in [0.29, 0.717) is 5.92 Å². The Balaban J connectivity index is 1.71. The summed E-state index contributed by atoms with van der Waals surface area (Å²) >= 11 is 0. The number of imidazole rings is 1. The van der Waals surface area contributed by atoms with Crippen molar-refractivity contribution in [2.45, 2.75) is 32.6 Å². The van der Waals surface area contributed by atoms with Crippen molar-refractivity contribution in [3.8, 4) is 0 Å². The quantitative estimate of drug-likeness (QED) is 0.661. The van der Waals surface area contributed by atoms with Gasteiger partial charge in [-0.15, -0.1) is 0 Å². The number of hydrogen-bond donors (Lipinski definition) is 0. The van der Waals surface area contributed by atoms with Crippen LogP contribution in [-0.2, 0) is 12.8 Å². The molecule has 120 valence electrons. The number of fused-ring (bicyclic) bond motifs is 5. The van der Waals surface area contributed by atoms with Crippen LogP contribution in [0.2, 0.25) is 0 Å². The van der Waals surface area contributed by atoms with Crippen molar-refractivity contribution in [3.05, 3.63) is 66.0 Å². The summed E-state index contributed by atoms with van der Waals surface area (Å²) < 4.78 is 2.15. The molecule has 2 aliphatic rings. The van der Waals surface area contributed by atoms with Gasteiger partial charge in [0.1, 0.15) is 0 Å². The van der Waals surface area contributed by atoms with Gasteiger partial charge in [-0.25, -0.2) is 9.97 Å². The van der Waals surface area contributed by atoms with Gasteiger partial charge in [0.2, 0.25) is 5.78 Å². The summed E-state index contributed by atoms with van der Waals surface area (Å²) in [6.07, 6.45) is 11.2. The summed E-state index contributed by atoms with van der Waals surface area (Å²) in [4.78, 5) is 9.63. The molecule has 24 heavy (non-hydrogen) atoms. The minimum Gasteiger partial charge on any atom is -0.283 e. The van der Waals surface area contributed by atoms with Gasteiger partial charge in [0.25, 0.3) is 0 Å². The number of para-hydroxylation sites is 2. The van der Waals surface area contributed by atoms with E-state index in [1.807, 2.05) is 6.07 Å². The smallest absolute Gasteiger partial charge is 0.235 e. The average molecular weight is 315 g/mol. The minimum atomic E-state index is 0.193. The zero-order valence-electron chi connectivity index (χ0n) is 14.0. The number of benzene rings is 1. The summed E-state index contributed by atoms with van der Waals surface area (Å²) in [5.41, 5.74) is 6.36. The minimum absolute atomic E-state index is 0.193. The van der Waals surface area contributed by atoms with E-state index in [1.165, 1.54) is 23.3 Å². The van der Waals surface area contributed by atoms with Gasteiger partial charge in [0.05, 0.1) is 11.0 Å². The van der Waals surface area contributed by atoms with Crippen LogP contribution in [0.25, 0.3) is 16.8 Å². The lowest BCUT2D eigenvalue weighted by Crippen LogP contribution is -2.39. The van der Waals surface area contributed by atoms with Crippen molar-refractivity contribution in [1.29, 1.82) is 0 Å². The molecule has 0 radical (unpaired) electrons. The maximum atomic E-state index is 4.93. The van der Waals surface area contributed by atoms with Crippen molar-refractivity contribution < 1.29 is 0 Å². The van der Waals surface area contributed by atoms with Crippen molar-refractivity contribution in [2.75, 3.05) is 0 Å². The van der Waals surface area contributed by atoms with E-state index in [-0.39, 0.29) is 5.41 Å². The van der Waals surface area contributed by atoms with Crippen LogP contribution in [0.5, 0.6) is 0 Å². The number of rotatable bonds is 1. The number of nitrogens with zero attached hydrogens (tertiary/aromatic N) is 3. The highest BCUT2D eigenvalue weighted by Gasteiger charge is 2.42. The van der Waals surface area contributed by atoms with Crippen molar-refractivity contribution in [1.82, 2.24) is 14.4 Å². The third kappa shape index (κ3) is 1.78. The second-order valence-electron chi connectivity index (χ2n) is 7.42. The van der Waals surface area contributed by atoms with E-state index in [2.05, 4.69) is 54.5 Å². The normalized spacial score (nSPS) is 26.0. The van der Waals surface area contributed by atoms with E-state index < -0.39 is 0 Å². The van der Waals surface area contributed by atoms with Gasteiger partial charge >= 0.3 is 0 Å². The fourth-order valence-corrected chi connectivity index (χ4v) is 4.73. The summed E-state index contributed by atoms with van der Waals surface area (Å²) in [5, 5.41) is 0. The maximum Gasteiger partial charge on any atom is 0.235 e. The van der Waals surface area contributed by atoms with Crippen LogP contribution in [0.4, 0.5) is 0 Å². The lowest BCUT2D eigenvalue weighted by atomic mass is 9.59. The fraction of sp³-hybridized carbons (Fsp3) is 0.333. The Labute approximate surface area is 141 Å². The Hall–Kier alpha value is -2.42. The third-order valence-corrected chi connectivity index (χ3v) is 6.12. The highest BCUT2D eigenvalue weighted by Crippen LogP contribution is 2.49. The molecule has 1 unspecified atom stereocenters. The largest absolute Gasteiger partial charge is 0.283 e. The Morgan fingerprint density at radius 3 is 3.04 bits per heavy atom. The van der Waals surface area contributed by atoms with Gasteiger partial charge in [0.15, 0.2) is 0 Å². The number of allylic oxidation sites excluding steroid dienone is 3. The van der Waals surface area contributed by atoms with Crippen LogP contribution in [0.1, 0.15) is 31.0 Å². The topological polar surface area (TPSA) is 30.2 Å². The fourth-order valence-electron chi connectivity index (χ4n) is 4.73. The average Bonchev–Trinajstić information content (AvgIpc) is 2.94. The first-order valence-electron chi connectivity index (χ1n) is 8.78. The monoisotopic (exact) mass is 315 g/mol. The molecule has 0 spiro atoms. The Kier molecular flexibility index (Phi) is 2.79. The standard InChI is InChI=1S/C21H21N3/c1-3-15-7-6-8-16-11-18-14(12-21(15,16)2)13-24-19-10-5-4-9-17(19)22-20(24)23-18/h3-5,7,9-10,13,16H,1,6,8,11-12H2,2H3/t16?,21-/m1/s1. The molecule has 2 atom stereocenters. The molecule has 2 heterocycles. The summed E-state index contributed by atoms with van der Waals surface area (Å²) in [7, 11) is 0. The van der Waals surface area contributed by atoms with Crippen molar-refractivity contribution >= 4 is 16.8 Å². The summed E-state index contributed by atoms with van der Waals surface area (Å²) in [6, 6.07) is 8.27. The molecule has 2 aliphatic carbocycles. The van der Waals surface area contributed by atoms with Crippen LogP contribution in [-0.4, -0.2) is 14.4 Å². The van der Waals surface area contributed by atoms with Gasteiger partial charge in [-0.2, -0.15) is 0 Å². The molecule has 0 fully saturated rings. The first-order chi connectivity index (χ1) is 11.7. The Bertz CT molecular complexity index is 1010. The van der Waals surface area contributed by atoms with Crippen LogP contribution in [0, 0.1) is 11.3 Å². The second kappa shape index (κ2) is 4.79. The predicted molar refractivity (Wildman–Crippen MR) is 97.0 cm³/mol. The van der Waals surface area contributed by atoms with Gasteiger partial charge < -0.3 is 0 Å². The van der Waals surface area contributed by atoms with E-state index in [0.717, 1.165) is 36.1 Å². The van der Waals surface area contributed by atoms with E-state index in [9.17, 15) is 0 Å². The molecule has 0 N–H and O–H groups in total. The maximum absolute atomic E-state index is 4.93. The zero-order chi connectivity index (χ0) is 16.3. The SMILES string of the molecule is C=CC1=CCCC2Cc3nc4nc5ccccc5n4cc3C[C@]12C. The van der Waals surface area contributed by atoms with Crippen molar-refractivity contribution in [3.63, 3.8) is 0 Å². The van der Waals surface area contributed by atoms with Crippen LogP contribution in [0.15, 0.2) is 54.8 Å². The predicted octanol–water partition coefficient (Wildman–Crippen LogP) is 4.51. The molecule has 2 aromatic heterocycles. The molecule has 5 rings (SSSR count). The molecule has 3 nitrogen and oxygen atoms in total. The molecule has 3 heteroatoms. The molecule has 0 bridgehead atoms. The third-order valence-electron chi connectivity index (χ3n) is 6.12. The second-order valence-corrected chi connectivity index (χ2v) is 7.42. The van der Waals surface area contributed by atoms with Gasteiger partial charge in [-0.1, -0.05) is 37.8 Å². The summed E-state index contributed by atoms with van der Waals surface area (Å²) in [5.74, 6) is 1.48. The molecular formula is C21H21N3. The lowest BCUT2D eigenvalue weighted by molar-refractivity contribution is 0.194. The van der Waals surface area contributed by atoms with Crippen LogP contribution < -0.4 is 0 Å². The molecule has 0 saturated carbocycles. The molecular weight excluding hydrogens is 294 g/mol. The molecule has 1 aromatic carbocycles. The lowest BCUT2D eigenvalue weighted by Gasteiger charge is -2.45. The number of aromatic nitrogens is 3. The van der Waals surface area contributed by atoms with E-state index >= 15 is 0 Å². The highest BCUT2D eigenvalue weighted by molar-refractivity contribution is 5.79. The Morgan fingerprint density at radius 2 is 2.17 bits per heavy atom. The Morgan fingerprint density at radius 1 is 1.29 bits per heavy atom. The van der Waals surface area contributed by atoms with Crippen LogP contribution >= 0.6 is 0 Å². The van der Waals surface area contributed by atoms with Crippen LogP contribution in [0.3, 0.4) is 0 Å². The first-order valence-corrected chi connectivity index (χ1v) is 8.78. The van der Waals surface area contributed by atoms with Gasteiger partial charge in [-0.05, 0) is 60.3 Å². The molecule has 0 amide bonds. The van der Waals surface area contributed by atoms with Crippen molar-refractivity contribution in [2.24, 2.45) is 11.3 Å². The first kappa shape index (κ1) is 14.0. The van der Waals surface area contributed by atoms with Gasteiger partial charge in [-0.3, -0.25) is 4.40 Å². The molecule has 3 aromatic rings. The van der Waals surface area contributed by atoms with E-state index in [1.54, 1.807) is 0 Å². The van der Waals surface area contributed by atoms with Gasteiger partial charge in [0, 0.05) is 11.9 Å². The highest BCUT2D eigenvalue weighted by atomic mass is 15.1.